The van der Waals surface area contributed by atoms with Gasteiger partial charge in [-0.1, -0.05) is 53.5 Å². The van der Waals surface area contributed by atoms with E-state index in [1.807, 2.05) is 42.5 Å². The number of hydrogen-bond donors (Lipinski definition) is 1. The topological polar surface area (TPSA) is 95.0 Å². The highest BCUT2D eigenvalue weighted by Gasteiger charge is 2.25. The van der Waals surface area contributed by atoms with Crippen molar-refractivity contribution < 1.29 is 9.15 Å². The Balaban J connectivity index is 1.52. The van der Waals surface area contributed by atoms with Crippen molar-refractivity contribution in [2.75, 3.05) is 6.61 Å². The zero-order valence-corrected chi connectivity index (χ0v) is 21.1. The molecule has 2 aromatic carbocycles. The van der Waals surface area contributed by atoms with Crippen LogP contribution in [-0.2, 0) is 17.8 Å². The van der Waals surface area contributed by atoms with E-state index in [-0.39, 0.29) is 18.3 Å². The summed E-state index contributed by atoms with van der Waals surface area (Å²) in [5.74, 6) is 1.46. The van der Waals surface area contributed by atoms with Gasteiger partial charge in [-0.05, 0) is 48.7 Å². The van der Waals surface area contributed by atoms with Crippen molar-refractivity contribution in [2.45, 2.75) is 32.0 Å². The molecule has 1 saturated heterocycles. The van der Waals surface area contributed by atoms with Crippen LogP contribution in [0.3, 0.4) is 0 Å². The molecule has 6 rings (SSSR count). The first-order chi connectivity index (χ1) is 18.0. The van der Waals surface area contributed by atoms with Gasteiger partial charge in [0.25, 0.3) is 5.56 Å². The van der Waals surface area contributed by atoms with Crippen molar-refractivity contribution in [3.05, 3.63) is 97.1 Å². The Kier molecular flexibility index (Phi) is 6.24. The third-order valence-corrected chi connectivity index (χ3v) is 7.25. The second-order valence-corrected chi connectivity index (χ2v) is 9.79. The van der Waals surface area contributed by atoms with Crippen molar-refractivity contribution >= 4 is 34.4 Å². The summed E-state index contributed by atoms with van der Waals surface area (Å²) in [6, 6.07) is 18.4. The minimum Gasteiger partial charge on any atom is -0.453 e. The third kappa shape index (κ3) is 4.52. The van der Waals surface area contributed by atoms with Gasteiger partial charge >= 0.3 is 5.69 Å². The summed E-state index contributed by atoms with van der Waals surface area (Å²) in [7, 11) is 0. The van der Waals surface area contributed by atoms with Crippen molar-refractivity contribution in [2.24, 2.45) is 0 Å². The lowest BCUT2D eigenvalue weighted by Gasteiger charge is -2.13. The van der Waals surface area contributed by atoms with Crippen LogP contribution in [0.1, 0.15) is 18.4 Å². The van der Waals surface area contributed by atoms with Crippen LogP contribution in [0.4, 0.5) is 0 Å². The number of halogens is 2. The third-order valence-electron chi connectivity index (χ3n) is 6.51. The Morgan fingerprint density at radius 3 is 2.54 bits per heavy atom. The van der Waals surface area contributed by atoms with Crippen LogP contribution in [0.15, 0.2) is 74.7 Å². The quantitative estimate of drug-likeness (QED) is 0.315. The van der Waals surface area contributed by atoms with E-state index < -0.39 is 11.2 Å². The summed E-state index contributed by atoms with van der Waals surface area (Å²) in [5.41, 5.74) is 1.23. The number of furan rings is 1. The molecule has 1 aliphatic rings. The number of hydrogen-bond acceptors (Lipinski definition) is 5. The predicted octanol–water partition coefficient (Wildman–Crippen LogP) is 5.35. The number of imidazole rings is 1. The predicted molar refractivity (Wildman–Crippen MR) is 142 cm³/mol. The summed E-state index contributed by atoms with van der Waals surface area (Å²) >= 11 is 12.3. The largest absolute Gasteiger partial charge is 0.453 e. The Hall–Kier alpha value is -3.59. The Labute approximate surface area is 221 Å². The van der Waals surface area contributed by atoms with Gasteiger partial charge in [-0.3, -0.25) is 14.3 Å². The van der Waals surface area contributed by atoms with Crippen LogP contribution in [0, 0.1) is 0 Å². The van der Waals surface area contributed by atoms with Crippen LogP contribution in [0.25, 0.3) is 34.1 Å². The minimum absolute atomic E-state index is 0.0745. The highest BCUT2D eigenvalue weighted by Crippen LogP contribution is 2.33. The molecule has 0 unspecified atom stereocenters. The summed E-state index contributed by atoms with van der Waals surface area (Å²) in [5, 5.41) is 0.866. The molecular weight excluding hydrogens is 515 g/mol. The first-order valence-corrected chi connectivity index (χ1v) is 12.7. The molecule has 1 fully saturated rings. The average molecular weight is 537 g/mol. The van der Waals surface area contributed by atoms with E-state index in [4.69, 9.17) is 37.3 Å². The van der Waals surface area contributed by atoms with E-state index in [0.717, 1.165) is 24.0 Å². The Bertz CT molecular complexity index is 1710. The highest BCUT2D eigenvalue weighted by molar-refractivity contribution is 6.42. The lowest BCUT2D eigenvalue weighted by atomic mass is 10.2. The van der Waals surface area contributed by atoms with Gasteiger partial charge in [-0.2, -0.15) is 0 Å². The van der Waals surface area contributed by atoms with E-state index in [9.17, 15) is 9.59 Å². The SMILES string of the molecule is O=c1[nH]c(=O)n(Cc2ccccc2)c2nc(-c3ccc(-c4ccc(Cl)c(Cl)c4)o3)n(C[C@H]3CCCO3)c12. The Morgan fingerprint density at radius 2 is 1.78 bits per heavy atom. The number of ether oxygens (including phenoxy) is 1. The van der Waals surface area contributed by atoms with E-state index >= 15 is 0 Å². The van der Waals surface area contributed by atoms with Gasteiger partial charge in [0.1, 0.15) is 5.76 Å². The fourth-order valence-electron chi connectivity index (χ4n) is 4.71. The lowest BCUT2D eigenvalue weighted by molar-refractivity contribution is 0.0981. The second-order valence-electron chi connectivity index (χ2n) is 8.98. The first-order valence-electron chi connectivity index (χ1n) is 11.9. The molecule has 0 aliphatic carbocycles. The molecule has 0 saturated carbocycles. The molecule has 1 N–H and O–H groups in total. The van der Waals surface area contributed by atoms with E-state index in [0.29, 0.717) is 46.1 Å². The summed E-state index contributed by atoms with van der Waals surface area (Å²) in [4.78, 5) is 33.3. The maximum Gasteiger partial charge on any atom is 0.330 e. The van der Waals surface area contributed by atoms with Gasteiger partial charge in [0.15, 0.2) is 22.7 Å². The van der Waals surface area contributed by atoms with Crippen LogP contribution >= 0.6 is 23.2 Å². The molecule has 4 heterocycles. The summed E-state index contributed by atoms with van der Waals surface area (Å²) < 4.78 is 15.3. The highest BCUT2D eigenvalue weighted by atomic mass is 35.5. The van der Waals surface area contributed by atoms with Crippen LogP contribution in [0.5, 0.6) is 0 Å². The number of benzene rings is 2. The molecule has 0 bridgehead atoms. The minimum atomic E-state index is -0.523. The molecule has 37 heavy (non-hydrogen) atoms. The molecule has 1 aliphatic heterocycles. The molecule has 0 spiro atoms. The fraction of sp³-hybridized carbons (Fsp3) is 0.222. The van der Waals surface area contributed by atoms with Crippen molar-refractivity contribution in [1.29, 1.82) is 0 Å². The maximum absolute atomic E-state index is 13.1. The van der Waals surface area contributed by atoms with E-state index in [2.05, 4.69) is 4.98 Å². The standard InChI is InChI=1S/C27H22Cl2N4O4/c28-19-9-8-17(13-20(19)29)21-10-11-22(37-21)24-30-25-23(32(24)15-18-7-4-12-36-18)26(34)31-27(35)33(25)14-16-5-2-1-3-6-16/h1-3,5-6,8-11,13,18H,4,7,12,14-15H2,(H,31,34,35)/t18-/m1/s1. The summed E-state index contributed by atoms with van der Waals surface area (Å²) in [6.07, 6.45) is 1.74. The molecule has 5 aromatic rings. The van der Waals surface area contributed by atoms with Crippen molar-refractivity contribution in [1.82, 2.24) is 19.1 Å². The van der Waals surface area contributed by atoms with Crippen LogP contribution < -0.4 is 11.2 Å². The molecule has 10 heteroatoms. The van der Waals surface area contributed by atoms with Crippen LogP contribution in [0.2, 0.25) is 10.0 Å². The number of H-pyrrole nitrogens is 1. The Morgan fingerprint density at radius 1 is 0.973 bits per heavy atom. The first kappa shape index (κ1) is 23.8. The van der Waals surface area contributed by atoms with Gasteiger partial charge in [0.2, 0.25) is 0 Å². The number of aromatic amines is 1. The number of rotatable bonds is 6. The number of fused-ring (bicyclic) bond motifs is 1. The van der Waals surface area contributed by atoms with Gasteiger partial charge in [0, 0.05) is 12.2 Å². The molecular formula is C27H22Cl2N4O4. The van der Waals surface area contributed by atoms with Gasteiger partial charge in [-0.15, -0.1) is 0 Å². The monoisotopic (exact) mass is 536 g/mol. The fourth-order valence-corrected chi connectivity index (χ4v) is 5.00. The van der Waals surface area contributed by atoms with E-state index in [1.165, 1.54) is 4.57 Å². The second kappa shape index (κ2) is 9.70. The van der Waals surface area contributed by atoms with E-state index in [1.54, 1.807) is 22.8 Å². The smallest absolute Gasteiger partial charge is 0.330 e. The average Bonchev–Trinajstić information content (AvgIpc) is 3.65. The maximum atomic E-state index is 13.1. The number of nitrogens with zero attached hydrogens (tertiary/aromatic N) is 3. The molecule has 3 aromatic heterocycles. The van der Waals surface area contributed by atoms with Crippen LogP contribution in [-0.4, -0.2) is 31.8 Å². The molecule has 8 nitrogen and oxygen atoms in total. The van der Waals surface area contributed by atoms with Gasteiger partial charge in [0.05, 0.1) is 29.2 Å². The number of nitrogens with one attached hydrogen (secondary N) is 1. The molecule has 1 atom stereocenters. The normalized spacial score (nSPS) is 15.6. The lowest BCUT2D eigenvalue weighted by Crippen LogP contribution is -2.32. The van der Waals surface area contributed by atoms with Gasteiger partial charge < -0.3 is 13.7 Å². The van der Waals surface area contributed by atoms with Gasteiger partial charge in [-0.25, -0.2) is 9.78 Å². The molecule has 0 amide bonds. The summed E-state index contributed by atoms with van der Waals surface area (Å²) in [6.45, 7) is 1.33. The zero-order valence-electron chi connectivity index (χ0n) is 19.6. The molecule has 0 radical (unpaired) electrons. The molecule has 188 valence electrons. The van der Waals surface area contributed by atoms with Crippen molar-refractivity contribution in [3.8, 4) is 22.9 Å². The zero-order chi connectivity index (χ0) is 25.5. The van der Waals surface area contributed by atoms with Crippen molar-refractivity contribution in [3.63, 3.8) is 0 Å². The number of aromatic nitrogens is 4.